The minimum Gasteiger partial charge on any atom is -0.478 e. The number of benzene rings is 1. The molecule has 5 heteroatoms. The van der Waals surface area contributed by atoms with Gasteiger partial charge in [-0.15, -0.1) is 0 Å². The van der Waals surface area contributed by atoms with Crippen molar-refractivity contribution >= 4 is 17.0 Å². The molecule has 2 heterocycles. The lowest BCUT2D eigenvalue weighted by Crippen LogP contribution is -1.97. The first-order valence-electron chi connectivity index (χ1n) is 5.83. The Hall–Kier alpha value is -2.69. The number of fused-ring (bicyclic) bond motifs is 1. The summed E-state index contributed by atoms with van der Waals surface area (Å²) < 4.78 is 0. The second-order valence-electron chi connectivity index (χ2n) is 4.26. The summed E-state index contributed by atoms with van der Waals surface area (Å²) in [6, 6.07) is 8.65. The Morgan fingerprint density at radius 2 is 2.00 bits per heavy atom. The van der Waals surface area contributed by atoms with Crippen LogP contribution in [0.5, 0.6) is 0 Å². The van der Waals surface area contributed by atoms with Gasteiger partial charge in [0.15, 0.2) is 0 Å². The number of nitrogens with one attached hydrogen (secondary N) is 1. The minimum atomic E-state index is -0.915. The monoisotopic (exact) mass is 253 g/mol. The molecule has 3 rings (SSSR count). The Balaban J connectivity index is 1.86. The molecule has 0 saturated carbocycles. The quantitative estimate of drug-likeness (QED) is 0.750. The Labute approximate surface area is 109 Å². The van der Waals surface area contributed by atoms with E-state index in [1.165, 1.54) is 0 Å². The van der Waals surface area contributed by atoms with E-state index < -0.39 is 5.97 Å². The van der Waals surface area contributed by atoms with Crippen LogP contribution in [-0.4, -0.2) is 26.0 Å². The van der Waals surface area contributed by atoms with Gasteiger partial charge in [0.25, 0.3) is 0 Å². The standard InChI is InChI=1S/C14H11N3O2/c18-14(19)10-3-1-9(2-4-10)7-13-16-11-5-6-15-8-12(11)17-13/h1-6,8H,7H2,(H,16,17)(H,18,19). The van der Waals surface area contributed by atoms with E-state index in [4.69, 9.17) is 5.11 Å². The number of aromatic amines is 1. The highest BCUT2D eigenvalue weighted by Gasteiger charge is 2.05. The third-order valence-corrected chi connectivity index (χ3v) is 2.90. The predicted molar refractivity (Wildman–Crippen MR) is 70.1 cm³/mol. The molecule has 0 bridgehead atoms. The van der Waals surface area contributed by atoms with Crippen LogP contribution < -0.4 is 0 Å². The van der Waals surface area contributed by atoms with E-state index in [1.54, 1.807) is 36.7 Å². The number of hydrogen-bond donors (Lipinski definition) is 2. The topological polar surface area (TPSA) is 78.9 Å². The molecule has 0 atom stereocenters. The Morgan fingerprint density at radius 1 is 1.21 bits per heavy atom. The molecule has 0 spiro atoms. The normalized spacial score (nSPS) is 10.7. The summed E-state index contributed by atoms with van der Waals surface area (Å²) in [5.74, 6) is -0.0764. The van der Waals surface area contributed by atoms with Crippen molar-refractivity contribution in [2.75, 3.05) is 0 Å². The van der Waals surface area contributed by atoms with Crippen molar-refractivity contribution in [3.8, 4) is 0 Å². The maximum Gasteiger partial charge on any atom is 0.335 e. The van der Waals surface area contributed by atoms with Crippen molar-refractivity contribution in [2.45, 2.75) is 6.42 Å². The smallest absolute Gasteiger partial charge is 0.335 e. The van der Waals surface area contributed by atoms with Crippen LogP contribution in [0.25, 0.3) is 11.0 Å². The van der Waals surface area contributed by atoms with Crippen molar-refractivity contribution in [2.24, 2.45) is 0 Å². The lowest BCUT2D eigenvalue weighted by Gasteiger charge is -1.99. The van der Waals surface area contributed by atoms with Gasteiger partial charge in [0.05, 0.1) is 22.8 Å². The minimum absolute atomic E-state index is 0.289. The third kappa shape index (κ3) is 2.30. The summed E-state index contributed by atoms with van der Waals surface area (Å²) in [6.07, 6.45) is 4.07. The number of carbonyl (C=O) groups is 1. The third-order valence-electron chi connectivity index (χ3n) is 2.90. The molecule has 0 saturated heterocycles. The first kappa shape index (κ1) is 11.4. The molecule has 0 aliphatic heterocycles. The van der Waals surface area contributed by atoms with Crippen molar-refractivity contribution in [3.05, 3.63) is 59.7 Å². The van der Waals surface area contributed by atoms with Crippen LogP contribution in [0.15, 0.2) is 42.7 Å². The fraction of sp³-hybridized carbons (Fsp3) is 0.0714. The predicted octanol–water partition coefficient (Wildman–Crippen LogP) is 2.25. The molecule has 0 unspecified atom stereocenters. The summed E-state index contributed by atoms with van der Waals surface area (Å²) in [5, 5.41) is 8.84. The average molecular weight is 253 g/mol. The zero-order valence-electron chi connectivity index (χ0n) is 10.00. The first-order chi connectivity index (χ1) is 9.22. The van der Waals surface area contributed by atoms with Gasteiger partial charge in [0.2, 0.25) is 0 Å². The molecule has 0 aliphatic carbocycles. The molecule has 2 aromatic heterocycles. The zero-order valence-corrected chi connectivity index (χ0v) is 10.00. The second kappa shape index (κ2) is 4.53. The second-order valence-corrected chi connectivity index (χ2v) is 4.26. The molecule has 5 nitrogen and oxygen atoms in total. The summed E-state index contributed by atoms with van der Waals surface area (Å²) in [6.45, 7) is 0. The molecule has 1 aromatic carbocycles. The van der Waals surface area contributed by atoms with E-state index in [9.17, 15) is 4.79 Å². The number of carboxylic acid groups (broad SMARTS) is 1. The van der Waals surface area contributed by atoms with Crippen LogP contribution in [0.4, 0.5) is 0 Å². The highest BCUT2D eigenvalue weighted by molar-refractivity contribution is 5.87. The van der Waals surface area contributed by atoms with Crippen LogP contribution >= 0.6 is 0 Å². The van der Waals surface area contributed by atoms with Crippen LogP contribution in [-0.2, 0) is 6.42 Å². The molecule has 2 N–H and O–H groups in total. The highest BCUT2D eigenvalue weighted by Crippen LogP contribution is 2.13. The number of H-pyrrole nitrogens is 1. The number of nitrogens with zero attached hydrogens (tertiary/aromatic N) is 2. The molecule has 0 amide bonds. The summed E-state index contributed by atoms with van der Waals surface area (Å²) in [4.78, 5) is 22.4. The van der Waals surface area contributed by atoms with Gasteiger partial charge in [-0.2, -0.15) is 0 Å². The van der Waals surface area contributed by atoms with Crippen molar-refractivity contribution in [1.82, 2.24) is 15.0 Å². The van der Waals surface area contributed by atoms with Gasteiger partial charge in [-0.1, -0.05) is 12.1 Å². The molecular weight excluding hydrogens is 242 g/mol. The fourth-order valence-electron chi connectivity index (χ4n) is 1.95. The fourth-order valence-corrected chi connectivity index (χ4v) is 1.95. The number of aromatic carboxylic acids is 1. The molecular formula is C14H11N3O2. The van der Waals surface area contributed by atoms with Crippen molar-refractivity contribution in [3.63, 3.8) is 0 Å². The van der Waals surface area contributed by atoms with Gasteiger partial charge in [-0.05, 0) is 23.8 Å². The van der Waals surface area contributed by atoms with E-state index in [0.29, 0.717) is 6.42 Å². The number of carboxylic acids is 1. The lowest BCUT2D eigenvalue weighted by molar-refractivity contribution is 0.0697. The largest absolute Gasteiger partial charge is 0.478 e. The summed E-state index contributed by atoms with van der Waals surface area (Å²) in [5.41, 5.74) is 3.08. The maximum absolute atomic E-state index is 10.8. The van der Waals surface area contributed by atoms with Gasteiger partial charge in [0.1, 0.15) is 5.82 Å². The first-order valence-corrected chi connectivity index (χ1v) is 5.83. The van der Waals surface area contributed by atoms with Crippen molar-refractivity contribution in [1.29, 1.82) is 0 Å². The number of pyridine rings is 1. The van der Waals surface area contributed by atoms with Gasteiger partial charge in [-0.25, -0.2) is 9.78 Å². The molecule has 19 heavy (non-hydrogen) atoms. The zero-order chi connectivity index (χ0) is 13.2. The van der Waals surface area contributed by atoms with Crippen LogP contribution in [0.1, 0.15) is 21.7 Å². The number of rotatable bonds is 3. The van der Waals surface area contributed by atoms with E-state index in [-0.39, 0.29) is 5.56 Å². The molecule has 0 fully saturated rings. The Bertz CT molecular complexity index is 699. The van der Waals surface area contributed by atoms with Gasteiger partial charge < -0.3 is 10.1 Å². The number of hydrogen-bond acceptors (Lipinski definition) is 3. The lowest BCUT2D eigenvalue weighted by atomic mass is 10.1. The van der Waals surface area contributed by atoms with E-state index in [1.807, 2.05) is 6.07 Å². The van der Waals surface area contributed by atoms with Crippen molar-refractivity contribution < 1.29 is 9.90 Å². The van der Waals surface area contributed by atoms with Gasteiger partial charge in [-0.3, -0.25) is 4.98 Å². The number of aromatic nitrogens is 3. The van der Waals surface area contributed by atoms with Gasteiger partial charge >= 0.3 is 5.97 Å². The molecule has 94 valence electrons. The Morgan fingerprint density at radius 3 is 2.68 bits per heavy atom. The van der Waals surface area contributed by atoms with E-state index in [0.717, 1.165) is 22.4 Å². The SMILES string of the molecule is O=C(O)c1ccc(Cc2nc3ccncc3[nH]2)cc1. The molecule has 0 aliphatic rings. The molecule has 3 aromatic rings. The highest BCUT2D eigenvalue weighted by atomic mass is 16.4. The molecule has 0 radical (unpaired) electrons. The summed E-state index contributed by atoms with van der Waals surface area (Å²) >= 11 is 0. The average Bonchev–Trinajstić information content (AvgIpc) is 2.81. The van der Waals surface area contributed by atoms with E-state index >= 15 is 0 Å². The Kier molecular flexibility index (Phi) is 2.72. The maximum atomic E-state index is 10.8. The van der Waals surface area contributed by atoms with Crippen LogP contribution in [0.2, 0.25) is 0 Å². The number of imidazole rings is 1. The van der Waals surface area contributed by atoms with E-state index in [2.05, 4.69) is 15.0 Å². The van der Waals surface area contributed by atoms with Gasteiger partial charge in [0, 0.05) is 12.6 Å². The van der Waals surface area contributed by atoms with Crippen LogP contribution in [0.3, 0.4) is 0 Å². The summed E-state index contributed by atoms with van der Waals surface area (Å²) in [7, 11) is 0. The van der Waals surface area contributed by atoms with Crippen LogP contribution in [0, 0.1) is 0 Å².